The van der Waals surface area contributed by atoms with Gasteiger partial charge in [0.1, 0.15) is 5.82 Å². The molecule has 0 radical (unpaired) electrons. The Morgan fingerprint density at radius 3 is 2.38 bits per heavy atom. The Balaban J connectivity index is 1.57. The molecule has 0 bridgehead atoms. The Bertz CT molecular complexity index is 1260. The molecule has 32 heavy (non-hydrogen) atoms. The third kappa shape index (κ3) is 4.67. The van der Waals surface area contributed by atoms with Crippen molar-refractivity contribution in [2.45, 2.75) is 44.2 Å². The van der Waals surface area contributed by atoms with Gasteiger partial charge < -0.3 is 4.57 Å². The first kappa shape index (κ1) is 22.4. The van der Waals surface area contributed by atoms with Crippen LogP contribution in [-0.2, 0) is 16.6 Å². The average molecular weight is 456 g/mol. The number of aryl methyl sites for hydroxylation is 1. The van der Waals surface area contributed by atoms with Crippen LogP contribution in [0.4, 0.5) is 4.39 Å². The van der Waals surface area contributed by atoms with Crippen LogP contribution >= 0.6 is 0 Å². The summed E-state index contributed by atoms with van der Waals surface area (Å²) in [5.41, 5.74) is 3.58. The molecule has 2 aromatic carbocycles. The normalized spacial score (nSPS) is 14.2. The van der Waals surface area contributed by atoms with E-state index in [-0.39, 0.29) is 23.0 Å². The van der Waals surface area contributed by atoms with Crippen LogP contribution in [-0.4, -0.2) is 36.3 Å². The number of nitrogens with zero attached hydrogens (tertiary/aromatic N) is 2. The van der Waals surface area contributed by atoms with Crippen LogP contribution in [0.25, 0.3) is 5.69 Å². The molecule has 0 amide bonds. The van der Waals surface area contributed by atoms with E-state index in [1.54, 1.807) is 30.3 Å². The zero-order valence-corrected chi connectivity index (χ0v) is 18.9. The second-order valence-corrected chi connectivity index (χ2v) is 9.87. The van der Waals surface area contributed by atoms with E-state index in [1.807, 2.05) is 29.4 Å². The first-order valence-corrected chi connectivity index (χ1v) is 12.0. The molecule has 0 unspecified atom stereocenters. The lowest BCUT2D eigenvalue weighted by Crippen LogP contribution is -2.32. The number of aromatic nitrogens is 1. The summed E-state index contributed by atoms with van der Waals surface area (Å²) in [5.74, 6) is -0.277. The minimum Gasteiger partial charge on any atom is -0.318 e. The average Bonchev–Trinajstić information content (AvgIpc) is 3.53. The van der Waals surface area contributed by atoms with E-state index in [2.05, 4.69) is 0 Å². The summed E-state index contributed by atoms with van der Waals surface area (Å²) in [6.07, 6.45) is 2.02. The third-order valence-corrected chi connectivity index (χ3v) is 6.83. The lowest BCUT2D eigenvalue weighted by atomic mass is 10.1. The van der Waals surface area contributed by atoms with Crippen molar-refractivity contribution in [3.63, 3.8) is 0 Å². The number of nitrogens with two attached hydrogens (primary N) is 1. The zero-order valence-electron chi connectivity index (χ0n) is 18.1. The molecule has 0 spiro atoms. The molecular formula is C24H26FN3O3S. The Hall–Kier alpha value is -2.81. The number of carbonyl (C=O) groups is 1. The number of carbonyl (C=O) groups excluding carboxylic acids is 1. The molecule has 1 heterocycles. The highest BCUT2D eigenvalue weighted by Gasteiger charge is 2.31. The number of rotatable bonds is 8. The van der Waals surface area contributed by atoms with Crippen LogP contribution in [0.2, 0.25) is 0 Å². The number of halogens is 1. The molecule has 1 aliphatic rings. The van der Waals surface area contributed by atoms with Crippen LogP contribution in [0, 0.1) is 19.7 Å². The van der Waals surface area contributed by atoms with Crippen molar-refractivity contribution in [2.24, 2.45) is 5.14 Å². The van der Waals surface area contributed by atoms with Gasteiger partial charge in [0.05, 0.1) is 11.4 Å². The maximum absolute atomic E-state index is 14.1. The highest BCUT2D eigenvalue weighted by atomic mass is 32.2. The molecule has 1 aromatic heterocycles. The van der Waals surface area contributed by atoms with Crippen molar-refractivity contribution in [1.82, 2.24) is 9.47 Å². The number of ketones is 1. The van der Waals surface area contributed by atoms with Gasteiger partial charge in [-0.05, 0) is 63.1 Å². The van der Waals surface area contributed by atoms with E-state index in [9.17, 15) is 17.6 Å². The van der Waals surface area contributed by atoms with E-state index in [4.69, 9.17) is 5.14 Å². The standard InChI is InChI=1S/C24H26FN3O3S/c1-16-13-22(17(2)28(16)20-9-11-21(12-10-20)32(26,30)31)24(29)15-27(19-7-8-19)14-18-5-3-4-6-23(18)25/h3-6,9-13,19H,7-8,14-15H2,1-2H3,(H2,26,30,31). The van der Waals surface area contributed by atoms with Gasteiger partial charge in [0.25, 0.3) is 0 Å². The number of hydrogen-bond donors (Lipinski definition) is 1. The Morgan fingerprint density at radius 1 is 1.12 bits per heavy atom. The second-order valence-electron chi connectivity index (χ2n) is 8.31. The summed E-state index contributed by atoms with van der Waals surface area (Å²) in [7, 11) is -3.77. The molecule has 0 aliphatic heterocycles. The third-order valence-electron chi connectivity index (χ3n) is 5.90. The zero-order chi connectivity index (χ0) is 23.0. The molecule has 1 saturated carbocycles. The number of primary sulfonamides is 1. The van der Waals surface area contributed by atoms with Gasteiger partial charge in [-0.15, -0.1) is 0 Å². The Kier molecular flexibility index (Phi) is 6.03. The summed E-state index contributed by atoms with van der Waals surface area (Å²) >= 11 is 0. The number of sulfonamides is 1. The summed E-state index contributed by atoms with van der Waals surface area (Å²) in [6, 6.07) is 15.1. The van der Waals surface area contributed by atoms with Gasteiger partial charge in [-0.3, -0.25) is 9.69 Å². The van der Waals surface area contributed by atoms with E-state index in [0.29, 0.717) is 23.7 Å². The smallest absolute Gasteiger partial charge is 0.238 e. The minimum atomic E-state index is -3.77. The number of benzene rings is 2. The second kappa shape index (κ2) is 8.61. The monoisotopic (exact) mass is 455 g/mol. The van der Waals surface area contributed by atoms with Crippen LogP contribution in [0.1, 0.15) is 40.2 Å². The molecule has 2 N–H and O–H groups in total. The largest absolute Gasteiger partial charge is 0.318 e. The molecule has 0 saturated heterocycles. The van der Waals surface area contributed by atoms with Gasteiger partial charge in [0, 0.05) is 40.8 Å². The number of Topliss-reactive ketones (excluding diaryl/α,β-unsaturated/α-hetero) is 1. The van der Waals surface area contributed by atoms with E-state index in [1.165, 1.54) is 18.2 Å². The molecule has 4 rings (SSSR count). The van der Waals surface area contributed by atoms with Crippen molar-refractivity contribution >= 4 is 15.8 Å². The summed E-state index contributed by atoms with van der Waals surface area (Å²) in [5, 5.41) is 5.18. The van der Waals surface area contributed by atoms with E-state index in [0.717, 1.165) is 29.9 Å². The molecule has 0 atom stereocenters. The molecule has 3 aromatic rings. The van der Waals surface area contributed by atoms with Gasteiger partial charge in [-0.2, -0.15) is 0 Å². The van der Waals surface area contributed by atoms with Gasteiger partial charge in [-0.1, -0.05) is 18.2 Å². The molecule has 1 fully saturated rings. The highest BCUT2D eigenvalue weighted by Crippen LogP contribution is 2.30. The first-order valence-electron chi connectivity index (χ1n) is 10.5. The fourth-order valence-electron chi connectivity index (χ4n) is 4.10. The Labute approximate surface area is 187 Å². The molecular weight excluding hydrogens is 429 g/mol. The van der Waals surface area contributed by atoms with E-state index >= 15 is 0 Å². The summed E-state index contributed by atoms with van der Waals surface area (Å²) in [4.78, 5) is 15.3. The SMILES string of the molecule is Cc1cc(C(=O)CN(Cc2ccccc2F)C2CC2)c(C)n1-c1ccc(S(N)(=O)=O)cc1. The van der Waals surface area contributed by atoms with Crippen molar-refractivity contribution in [3.8, 4) is 5.69 Å². The van der Waals surface area contributed by atoms with Crippen LogP contribution in [0.15, 0.2) is 59.5 Å². The fourth-order valence-corrected chi connectivity index (χ4v) is 4.61. The first-order chi connectivity index (χ1) is 15.1. The van der Waals surface area contributed by atoms with Crippen molar-refractivity contribution in [2.75, 3.05) is 6.54 Å². The molecule has 6 nitrogen and oxygen atoms in total. The minimum absolute atomic E-state index is 0.0197. The van der Waals surface area contributed by atoms with Crippen molar-refractivity contribution < 1.29 is 17.6 Å². The van der Waals surface area contributed by atoms with Crippen LogP contribution in [0.3, 0.4) is 0 Å². The topological polar surface area (TPSA) is 85.4 Å². The lowest BCUT2D eigenvalue weighted by molar-refractivity contribution is 0.0917. The van der Waals surface area contributed by atoms with Crippen molar-refractivity contribution in [1.29, 1.82) is 0 Å². The quantitative estimate of drug-likeness (QED) is 0.525. The molecule has 1 aliphatic carbocycles. The summed E-state index contributed by atoms with van der Waals surface area (Å²) < 4.78 is 39.1. The fraction of sp³-hybridized carbons (Fsp3) is 0.292. The number of hydrogen-bond acceptors (Lipinski definition) is 4. The van der Waals surface area contributed by atoms with Crippen LogP contribution < -0.4 is 5.14 Å². The molecule has 168 valence electrons. The maximum Gasteiger partial charge on any atom is 0.238 e. The maximum atomic E-state index is 14.1. The molecule has 8 heteroatoms. The van der Waals surface area contributed by atoms with Gasteiger partial charge in [0.2, 0.25) is 10.0 Å². The summed E-state index contributed by atoms with van der Waals surface area (Å²) in [6.45, 7) is 4.38. The predicted octanol–water partition coefficient (Wildman–Crippen LogP) is 3.73. The van der Waals surface area contributed by atoms with Gasteiger partial charge >= 0.3 is 0 Å². The Morgan fingerprint density at radius 2 is 1.78 bits per heavy atom. The highest BCUT2D eigenvalue weighted by molar-refractivity contribution is 7.89. The van der Waals surface area contributed by atoms with Crippen molar-refractivity contribution in [3.05, 3.63) is 82.9 Å². The van der Waals surface area contributed by atoms with Gasteiger partial charge in [0.15, 0.2) is 5.78 Å². The lowest BCUT2D eigenvalue weighted by Gasteiger charge is -2.21. The predicted molar refractivity (Wildman–Crippen MR) is 121 cm³/mol. The van der Waals surface area contributed by atoms with Crippen LogP contribution in [0.5, 0.6) is 0 Å². The van der Waals surface area contributed by atoms with Gasteiger partial charge in [-0.25, -0.2) is 17.9 Å². The van der Waals surface area contributed by atoms with E-state index < -0.39 is 10.0 Å².